The highest BCUT2D eigenvalue weighted by atomic mass is 32.2. The monoisotopic (exact) mass is 308 g/mol. The van der Waals surface area contributed by atoms with Gasteiger partial charge in [0.1, 0.15) is 0 Å². The molecule has 1 fully saturated rings. The van der Waals surface area contributed by atoms with E-state index in [2.05, 4.69) is 0 Å². The lowest BCUT2D eigenvalue weighted by Gasteiger charge is -2.27. The molecule has 1 aliphatic rings. The predicted octanol–water partition coefficient (Wildman–Crippen LogP) is 2.20. The van der Waals surface area contributed by atoms with Gasteiger partial charge in [-0.05, 0) is 39.5 Å². The summed E-state index contributed by atoms with van der Waals surface area (Å²) in [6, 6.07) is 0. The van der Waals surface area contributed by atoms with E-state index in [1.165, 1.54) is 13.8 Å². The fraction of sp³-hybridized carbons (Fsp3) is 0.929. The second kappa shape index (κ2) is 8.62. The third kappa shape index (κ3) is 5.05. The quantitative estimate of drug-likeness (QED) is 0.728. The molecule has 1 saturated heterocycles. The van der Waals surface area contributed by atoms with Crippen molar-refractivity contribution < 1.29 is 22.7 Å². The molecule has 0 aromatic heterocycles. The molecule has 5 nitrogen and oxygen atoms in total. The van der Waals surface area contributed by atoms with Gasteiger partial charge in [-0.1, -0.05) is 13.8 Å². The first-order valence-electron chi connectivity index (χ1n) is 7.28. The first kappa shape index (κ1) is 19.4. The van der Waals surface area contributed by atoms with Crippen LogP contribution in [-0.2, 0) is 24.1 Å². The summed E-state index contributed by atoms with van der Waals surface area (Å²) in [5.41, 5.74) is 0. The molecule has 0 amide bonds. The van der Waals surface area contributed by atoms with Crippen molar-refractivity contribution in [1.29, 1.82) is 0 Å². The van der Waals surface area contributed by atoms with Crippen molar-refractivity contribution in [2.24, 2.45) is 5.92 Å². The lowest BCUT2D eigenvalue weighted by molar-refractivity contribution is -0.145. The number of ether oxygens (including phenoxy) is 2. The van der Waals surface area contributed by atoms with E-state index >= 15 is 0 Å². The van der Waals surface area contributed by atoms with Crippen LogP contribution < -0.4 is 0 Å². The minimum atomic E-state index is -3.51. The van der Waals surface area contributed by atoms with Crippen molar-refractivity contribution in [1.82, 2.24) is 0 Å². The summed E-state index contributed by atoms with van der Waals surface area (Å²) in [4.78, 5) is 11.7. The average Bonchev–Trinajstić information content (AvgIpc) is 2.41. The summed E-state index contributed by atoms with van der Waals surface area (Å²) >= 11 is 0. The Balaban J connectivity index is 0.00000172. The van der Waals surface area contributed by atoms with Crippen LogP contribution in [0.15, 0.2) is 0 Å². The number of hydrogen-bond donors (Lipinski definition) is 0. The molecular formula is C14H28O5S. The normalized spacial score (nSPS) is 17.1. The Morgan fingerprint density at radius 1 is 1.25 bits per heavy atom. The molecule has 6 heteroatoms. The molecule has 0 unspecified atom stereocenters. The van der Waals surface area contributed by atoms with Crippen LogP contribution in [0.3, 0.4) is 0 Å². The molecule has 0 aliphatic carbocycles. The number of esters is 1. The van der Waals surface area contributed by atoms with Crippen LogP contribution in [-0.4, -0.2) is 44.7 Å². The maximum absolute atomic E-state index is 12.3. The zero-order valence-electron chi connectivity index (χ0n) is 13.3. The first-order chi connectivity index (χ1) is 9.31. The lowest BCUT2D eigenvalue weighted by Crippen LogP contribution is -2.45. The molecule has 0 radical (unpaired) electrons. The van der Waals surface area contributed by atoms with Crippen LogP contribution in [0.5, 0.6) is 0 Å². The van der Waals surface area contributed by atoms with Gasteiger partial charge in [-0.2, -0.15) is 0 Å². The molecule has 0 atom stereocenters. The number of carbonyl (C=O) groups excluding carboxylic acids is 1. The van der Waals surface area contributed by atoms with Crippen molar-refractivity contribution in [3.05, 3.63) is 0 Å². The van der Waals surface area contributed by atoms with Crippen molar-refractivity contribution in [2.45, 2.75) is 52.2 Å². The van der Waals surface area contributed by atoms with E-state index in [1.54, 1.807) is 6.92 Å². The maximum atomic E-state index is 12.3. The van der Waals surface area contributed by atoms with Crippen LogP contribution in [0.25, 0.3) is 0 Å². The Bertz CT molecular complexity index is 380. The highest BCUT2D eigenvalue weighted by Gasteiger charge is 2.44. The lowest BCUT2D eigenvalue weighted by atomic mass is 10.0. The Kier molecular flexibility index (Phi) is 8.35. The van der Waals surface area contributed by atoms with Gasteiger partial charge in [0, 0.05) is 13.2 Å². The summed E-state index contributed by atoms with van der Waals surface area (Å²) in [5.74, 6) is -0.558. The third-order valence-electron chi connectivity index (χ3n) is 3.34. The Morgan fingerprint density at radius 2 is 1.75 bits per heavy atom. The van der Waals surface area contributed by atoms with Gasteiger partial charge in [-0.3, -0.25) is 4.79 Å². The second-order valence-electron chi connectivity index (χ2n) is 5.07. The molecule has 0 saturated carbocycles. The maximum Gasteiger partial charge on any atom is 0.326 e. The summed E-state index contributed by atoms with van der Waals surface area (Å²) < 4.78 is 33.2. The summed E-state index contributed by atoms with van der Waals surface area (Å²) in [5, 5.41) is 0. The van der Waals surface area contributed by atoms with Gasteiger partial charge in [0.25, 0.3) is 0 Å². The molecule has 0 N–H and O–H groups in total. The topological polar surface area (TPSA) is 69.7 Å². The fourth-order valence-electron chi connectivity index (χ4n) is 1.86. The number of rotatable bonds is 5. The van der Waals surface area contributed by atoms with Crippen molar-refractivity contribution in [2.75, 3.05) is 25.6 Å². The standard InChI is InChI=1S/C12H22O5S.C2H6/c1-4-17-11(13)12(2,3)18(14,15)9-10-5-7-16-8-6-10;1-2/h10H,4-9H2,1-3H3;1-2H3. The van der Waals surface area contributed by atoms with E-state index < -0.39 is 20.6 Å². The van der Waals surface area contributed by atoms with E-state index in [0.717, 1.165) is 12.8 Å². The largest absolute Gasteiger partial charge is 0.465 e. The van der Waals surface area contributed by atoms with Crippen LogP contribution in [0.4, 0.5) is 0 Å². The summed E-state index contributed by atoms with van der Waals surface area (Å²) in [7, 11) is -3.51. The molecular weight excluding hydrogens is 280 g/mol. The minimum Gasteiger partial charge on any atom is -0.465 e. The van der Waals surface area contributed by atoms with Crippen molar-refractivity contribution in [3.63, 3.8) is 0 Å². The Morgan fingerprint density at radius 3 is 2.20 bits per heavy atom. The second-order valence-corrected chi connectivity index (χ2v) is 7.65. The fourth-order valence-corrected chi connectivity index (χ4v) is 3.55. The molecule has 0 aromatic carbocycles. The molecule has 0 aromatic rings. The van der Waals surface area contributed by atoms with Gasteiger partial charge in [0.05, 0.1) is 12.4 Å². The molecule has 1 aliphatic heterocycles. The smallest absolute Gasteiger partial charge is 0.326 e. The molecule has 120 valence electrons. The average molecular weight is 308 g/mol. The molecule has 1 heterocycles. The Hall–Kier alpha value is -0.620. The number of hydrogen-bond acceptors (Lipinski definition) is 5. The Labute approximate surface area is 122 Å². The molecule has 0 spiro atoms. The van der Waals surface area contributed by atoms with E-state index in [4.69, 9.17) is 9.47 Å². The van der Waals surface area contributed by atoms with E-state index in [9.17, 15) is 13.2 Å². The van der Waals surface area contributed by atoms with Crippen molar-refractivity contribution >= 4 is 15.8 Å². The predicted molar refractivity (Wildman–Crippen MR) is 79.4 cm³/mol. The number of sulfone groups is 1. The minimum absolute atomic E-state index is 0.0299. The molecule has 0 bridgehead atoms. The SMILES string of the molecule is CC.CCOC(=O)C(C)(C)S(=O)(=O)CC1CCOCC1. The summed E-state index contributed by atoms with van der Waals surface area (Å²) in [6.45, 7) is 9.88. The van der Waals surface area contributed by atoms with Gasteiger partial charge in [0.15, 0.2) is 14.6 Å². The van der Waals surface area contributed by atoms with E-state index in [1.807, 2.05) is 13.8 Å². The van der Waals surface area contributed by atoms with E-state index in [-0.39, 0.29) is 18.3 Å². The van der Waals surface area contributed by atoms with Crippen molar-refractivity contribution in [3.8, 4) is 0 Å². The van der Waals surface area contributed by atoms with Crippen LogP contribution in [0, 0.1) is 5.92 Å². The molecule has 20 heavy (non-hydrogen) atoms. The van der Waals surface area contributed by atoms with Gasteiger partial charge in [-0.15, -0.1) is 0 Å². The summed E-state index contributed by atoms with van der Waals surface area (Å²) in [6.07, 6.45) is 1.47. The van der Waals surface area contributed by atoms with Crippen LogP contribution >= 0.6 is 0 Å². The molecule has 1 rings (SSSR count). The van der Waals surface area contributed by atoms with E-state index in [0.29, 0.717) is 13.2 Å². The zero-order chi connectivity index (χ0) is 15.8. The van der Waals surface area contributed by atoms with Gasteiger partial charge < -0.3 is 9.47 Å². The zero-order valence-corrected chi connectivity index (χ0v) is 14.1. The number of carbonyl (C=O) groups is 1. The van der Waals surface area contributed by atoms with Gasteiger partial charge >= 0.3 is 5.97 Å². The highest BCUT2D eigenvalue weighted by Crippen LogP contribution is 2.25. The van der Waals surface area contributed by atoms with Crippen LogP contribution in [0.2, 0.25) is 0 Å². The van der Waals surface area contributed by atoms with Gasteiger partial charge in [0.2, 0.25) is 0 Å². The van der Waals surface area contributed by atoms with Crippen LogP contribution in [0.1, 0.15) is 47.5 Å². The third-order valence-corrected chi connectivity index (χ3v) is 5.97. The first-order valence-corrected chi connectivity index (χ1v) is 8.93. The highest BCUT2D eigenvalue weighted by molar-refractivity contribution is 7.93. The van der Waals surface area contributed by atoms with Gasteiger partial charge in [-0.25, -0.2) is 8.42 Å².